The van der Waals surface area contributed by atoms with Gasteiger partial charge in [-0.2, -0.15) is 4.98 Å². The minimum atomic E-state index is -0.0222. The van der Waals surface area contributed by atoms with Gasteiger partial charge in [-0.25, -0.2) is 0 Å². The van der Waals surface area contributed by atoms with Crippen LogP contribution in [0.5, 0.6) is 0 Å². The van der Waals surface area contributed by atoms with Crippen LogP contribution in [-0.4, -0.2) is 52.0 Å². The molecule has 2 aliphatic heterocycles. The van der Waals surface area contributed by atoms with Crippen LogP contribution in [0.3, 0.4) is 0 Å². The zero-order valence-corrected chi connectivity index (χ0v) is 22.2. The van der Waals surface area contributed by atoms with Crippen molar-refractivity contribution < 1.29 is 9.32 Å². The Morgan fingerprint density at radius 3 is 2.65 bits per heavy atom. The lowest BCUT2D eigenvalue weighted by Gasteiger charge is -2.31. The highest BCUT2D eigenvalue weighted by molar-refractivity contribution is 5.79. The van der Waals surface area contributed by atoms with E-state index < -0.39 is 0 Å². The minimum absolute atomic E-state index is 0.0222. The molecule has 1 aromatic heterocycles. The number of hydrogen-bond donors (Lipinski definition) is 1. The van der Waals surface area contributed by atoms with Crippen molar-refractivity contribution in [2.45, 2.75) is 59.2 Å². The topological polar surface area (TPSA) is 74.5 Å². The van der Waals surface area contributed by atoms with Gasteiger partial charge in [-0.3, -0.25) is 14.6 Å². The van der Waals surface area contributed by atoms with Crippen LogP contribution in [0.15, 0.2) is 53.1 Å². The summed E-state index contributed by atoms with van der Waals surface area (Å²) >= 11 is 0. The van der Waals surface area contributed by atoms with Crippen molar-refractivity contribution in [3.8, 4) is 11.4 Å². The molecule has 2 aliphatic rings. The molecule has 0 aliphatic carbocycles. The molecule has 7 nitrogen and oxygen atoms in total. The molecule has 1 amide bonds. The molecule has 1 atom stereocenters. The van der Waals surface area contributed by atoms with Gasteiger partial charge in [0, 0.05) is 25.2 Å². The SMILES string of the molecule is Cc1ccccc1-c1noc(CN2CCCC(C(=O)NCc3cccc(CN4CCC(C)CC4)c3)C2)n1. The molecule has 0 bridgehead atoms. The second kappa shape index (κ2) is 12.0. The summed E-state index contributed by atoms with van der Waals surface area (Å²) < 4.78 is 5.54. The van der Waals surface area contributed by atoms with Crippen LogP contribution < -0.4 is 5.32 Å². The van der Waals surface area contributed by atoms with E-state index >= 15 is 0 Å². The van der Waals surface area contributed by atoms with E-state index in [9.17, 15) is 4.79 Å². The Labute approximate surface area is 220 Å². The molecular weight excluding hydrogens is 462 g/mol. The first-order chi connectivity index (χ1) is 18.0. The van der Waals surface area contributed by atoms with Crippen LogP contribution in [0, 0.1) is 18.8 Å². The van der Waals surface area contributed by atoms with Crippen molar-refractivity contribution in [2.24, 2.45) is 11.8 Å². The van der Waals surface area contributed by atoms with E-state index in [2.05, 4.69) is 56.4 Å². The number of carbonyl (C=O) groups is 1. The van der Waals surface area contributed by atoms with Crippen LogP contribution in [0.4, 0.5) is 0 Å². The van der Waals surface area contributed by atoms with Gasteiger partial charge in [0.1, 0.15) is 0 Å². The molecule has 2 saturated heterocycles. The molecule has 196 valence electrons. The van der Waals surface area contributed by atoms with Crippen molar-refractivity contribution in [1.82, 2.24) is 25.3 Å². The summed E-state index contributed by atoms with van der Waals surface area (Å²) in [7, 11) is 0. The first-order valence-electron chi connectivity index (χ1n) is 13.7. The maximum atomic E-state index is 13.0. The van der Waals surface area contributed by atoms with Gasteiger partial charge in [0.2, 0.25) is 17.6 Å². The number of likely N-dealkylation sites (tertiary alicyclic amines) is 2. The standard InChI is InChI=1S/C30H39N5O2/c1-22-12-15-34(16-13-22)19-25-9-5-8-24(17-25)18-31-30(36)26-10-6-14-35(20-26)21-28-32-29(33-37-28)27-11-4-3-7-23(27)2/h3-5,7-9,11,17,22,26H,6,10,12-16,18-21H2,1-2H3,(H,31,36). The van der Waals surface area contributed by atoms with Gasteiger partial charge < -0.3 is 9.84 Å². The monoisotopic (exact) mass is 501 g/mol. The lowest BCUT2D eigenvalue weighted by molar-refractivity contribution is -0.127. The predicted octanol–water partition coefficient (Wildman–Crippen LogP) is 4.81. The minimum Gasteiger partial charge on any atom is -0.352 e. The van der Waals surface area contributed by atoms with Gasteiger partial charge in [0.15, 0.2) is 0 Å². The van der Waals surface area contributed by atoms with Gasteiger partial charge in [0.05, 0.1) is 12.5 Å². The second-order valence-corrected chi connectivity index (χ2v) is 10.9. The number of hydrogen-bond acceptors (Lipinski definition) is 6. The van der Waals surface area contributed by atoms with Gasteiger partial charge in [0.25, 0.3) is 0 Å². The zero-order chi connectivity index (χ0) is 25.6. The molecule has 7 heteroatoms. The van der Waals surface area contributed by atoms with E-state index in [4.69, 9.17) is 4.52 Å². The van der Waals surface area contributed by atoms with Gasteiger partial charge in [-0.1, -0.05) is 60.6 Å². The van der Waals surface area contributed by atoms with Crippen molar-refractivity contribution in [2.75, 3.05) is 26.2 Å². The van der Waals surface area contributed by atoms with Crippen molar-refractivity contribution in [3.05, 3.63) is 71.1 Å². The highest BCUT2D eigenvalue weighted by Crippen LogP contribution is 2.23. The Kier molecular flexibility index (Phi) is 8.31. The second-order valence-electron chi connectivity index (χ2n) is 10.9. The quantitative estimate of drug-likeness (QED) is 0.478. The first-order valence-corrected chi connectivity index (χ1v) is 13.7. The number of carbonyl (C=O) groups excluding carboxylic acids is 1. The summed E-state index contributed by atoms with van der Waals surface area (Å²) in [5.74, 6) is 2.17. The van der Waals surface area contributed by atoms with Crippen LogP contribution in [0.2, 0.25) is 0 Å². The third kappa shape index (κ3) is 6.84. The average molecular weight is 502 g/mol. The predicted molar refractivity (Wildman–Crippen MR) is 144 cm³/mol. The molecule has 3 heterocycles. The molecule has 1 N–H and O–H groups in total. The molecule has 0 spiro atoms. The van der Waals surface area contributed by atoms with Crippen molar-refractivity contribution in [1.29, 1.82) is 0 Å². The fourth-order valence-electron chi connectivity index (χ4n) is 5.51. The molecule has 0 radical (unpaired) electrons. The number of aromatic nitrogens is 2. The Hall–Kier alpha value is -3.03. The number of nitrogens with zero attached hydrogens (tertiary/aromatic N) is 4. The van der Waals surface area contributed by atoms with E-state index in [0.717, 1.165) is 43.0 Å². The van der Waals surface area contributed by atoms with Crippen molar-refractivity contribution in [3.63, 3.8) is 0 Å². The Balaban J connectivity index is 1.11. The summed E-state index contributed by atoms with van der Waals surface area (Å²) in [6.45, 7) is 10.5. The van der Waals surface area contributed by atoms with Gasteiger partial charge >= 0.3 is 0 Å². The first kappa shape index (κ1) is 25.6. The largest absolute Gasteiger partial charge is 0.352 e. The van der Waals surface area contributed by atoms with Crippen LogP contribution >= 0.6 is 0 Å². The molecule has 2 fully saturated rings. The van der Waals surface area contributed by atoms with Crippen LogP contribution in [0.25, 0.3) is 11.4 Å². The van der Waals surface area contributed by atoms with Crippen LogP contribution in [0.1, 0.15) is 55.2 Å². The summed E-state index contributed by atoms with van der Waals surface area (Å²) in [4.78, 5) is 22.4. The van der Waals surface area contributed by atoms with E-state index in [1.54, 1.807) is 0 Å². The molecule has 5 rings (SSSR count). The number of nitrogens with one attached hydrogen (secondary N) is 1. The number of amides is 1. The summed E-state index contributed by atoms with van der Waals surface area (Å²) in [5.41, 5.74) is 4.60. The Bertz CT molecular complexity index is 1180. The number of piperidine rings is 2. The van der Waals surface area contributed by atoms with E-state index in [-0.39, 0.29) is 11.8 Å². The fraction of sp³-hybridized carbons (Fsp3) is 0.500. The smallest absolute Gasteiger partial charge is 0.241 e. The Morgan fingerprint density at radius 1 is 1.00 bits per heavy atom. The van der Waals surface area contributed by atoms with E-state index in [0.29, 0.717) is 31.3 Å². The Morgan fingerprint density at radius 2 is 1.81 bits per heavy atom. The lowest BCUT2D eigenvalue weighted by atomic mass is 9.97. The lowest BCUT2D eigenvalue weighted by Crippen LogP contribution is -2.42. The zero-order valence-electron chi connectivity index (χ0n) is 22.2. The summed E-state index contributed by atoms with van der Waals surface area (Å²) in [5, 5.41) is 7.37. The molecular formula is C30H39N5O2. The fourth-order valence-corrected chi connectivity index (χ4v) is 5.51. The number of aryl methyl sites for hydroxylation is 1. The third-order valence-electron chi connectivity index (χ3n) is 7.83. The van der Waals surface area contributed by atoms with Gasteiger partial charge in [-0.05, 0) is 74.8 Å². The molecule has 0 saturated carbocycles. The van der Waals surface area contributed by atoms with E-state index in [1.165, 1.54) is 37.1 Å². The number of benzene rings is 2. The van der Waals surface area contributed by atoms with Crippen molar-refractivity contribution >= 4 is 5.91 Å². The number of rotatable bonds is 8. The molecule has 2 aromatic carbocycles. The third-order valence-corrected chi connectivity index (χ3v) is 7.83. The summed E-state index contributed by atoms with van der Waals surface area (Å²) in [6.07, 6.45) is 4.47. The van der Waals surface area contributed by atoms with Crippen LogP contribution in [-0.2, 0) is 24.4 Å². The summed E-state index contributed by atoms with van der Waals surface area (Å²) in [6, 6.07) is 16.7. The molecule has 3 aromatic rings. The normalized spacial score (nSPS) is 19.7. The van der Waals surface area contributed by atoms with E-state index in [1.807, 2.05) is 31.2 Å². The molecule has 37 heavy (non-hydrogen) atoms. The van der Waals surface area contributed by atoms with Gasteiger partial charge in [-0.15, -0.1) is 0 Å². The highest BCUT2D eigenvalue weighted by Gasteiger charge is 2.27. The highest BCUT2D eigenvalue weighted by atomic mass is 16.5. The maximum absolute atomic E-state index is 13.0. The molecule has 1 unspecified atom stereocenters. The average Bonchev–Trinajstić information content (AvgIpc) is 3.37. The maximum Gasteiger partial charge on any atom is 0.241 e.